The van der Waals surface area contributed by atoms with Gasteiger partial charge in [-0.25, -0.2) is 13.4 Å². The molecule has 0 unspecified atom stereocenters. The van der Waals surface area contributed by atoms with E-state index in [2.05, 4.69) is 33.1 Å². The third-order valence-corrected chi connectivity index (χ3v) is 8.03. The van der Waals surface area contributed by atoms with E-state index < -0.39 is 9.84 Å². The van der Waals surface area contributed by atoms with Gasteiger partial charge in [-0.1, -0.05) is 71.1 Å². The van der Waals surface area contributed by atoms with Gasteiger partial charge in [0.15, 0.2) is 9.84 Å². The number of carbonyl (C=O) groups is 1. The maximum Gasteiger partial charge on any atom is 0.263 e. The van der Waals surface area contributed by atoms with Crippen molar-refractivity contribution in [3.63, 3.8) is 0 Å². The summed E-state index contributed by atoms with van der Waals surface area (Å²) in [7, 11) is 3.30. The second-order valence-electron chi connectivity index (χ2n) is 10.8. The van der Waals surface area contributed by atoms with Crippen LogP contribution in [0.4, 0.5) is 0 Å². The highest BCUT2D eigenvalue weighted by Gasteiger charge is 2.15. The lowest BCUT2D eigenvalue weighted by Gasteiger charge is -2.23. The Bertz CT molecular complexity index is 772. The summed E-state index contributed by atoms with van der Waals surface area (Å²) in [5.41, 5.74) is 0. The summed E-state index contributed by atoms with van der Waals surface area (Å²) < 4.78 is 30.7. The predicted octanol–water partition coefficient (Wildman–Crippen LogP) is 3.40. The monoisotopic (exact) mass is 626 g/mol. The van der Waals surface area contributed by atoms with Gasteiger partial charge >= 0.3 is 0 Å². The summed E-state index contributed by atoms with van der Waals surface area (Å²) >= 11 is 0. The lowest BCUT2D eigenvalue weighted by atomic mass is 10.1. The smallest absolute Gasteiger partial charge is 0.263 e. The summed E-state index contributed by atoms with van der Waals surface area (Å²) in [6.07, 6.45) is 18.2. The molecular weight excluding hydrogens is 575 g/mol. The molecular formula is C27H51IN2O4S. The molecule has 0 aliphatic rings. The van der Waals surface area contributed by atoms with E-state index in [0.29, 0.717) is 12.8 Å². The van der Waals surface area contributed by atoms with E-state index in [1.807, 2.05) is 0 Å². The highest BCUT2D eigenvalue weighted by Crippen LogP contribution is 2.15. The zero-order valence-corrected chi connectivity index (χ0v) is 25.8. The van der Waals surface area contributed by atoms with E-state index in [9.17, 15) is 13.2 Å². The van der Waals surface area contributed by atoms with Crippen LogP contribution in [0.2, 0.25) is 0 Å². The molecule has 0 aliphatic heterocycles. The second kappa shape index (κ2) is 19.6. The quantitative estimate of drug-likeness (QED) is 0.0854. The number of unbranched alkanes of at least 4 members (excludes halogenated alkanes) is 11. The van der Waals surface area contributed by atoms with Gasteiger partial charge in [-0.2, -0.15) is 0 Å². The van der Waals surface area contributed by atoms with Crippen LogP contribution in [0.3, 0.4) is 0 Å². The maximum absolute atomic E-state index is 12.3. The van der Waals surface area contributed by atoms with Gasteiger partial charge in [-0.05, 0) is 19.3 Å². The van der Waals surface area contributed by atoms with E-state index in [1.165, 1.54) is 44.9 Å². The van der Waals surface area contributed by atoms with Crippen LogP contribution < -0.4 is 24.0 Å². The van der Waals surface area contributed by atoms with Crippen molar-refractivity contribution < 1.29 is 46.1 Å². The lowest BCUT2D eigenvalue weighted by molar-refractivity contribution is -0.870. The summed E-state index contributed by atoms with van der Waals surface area (Å²) in [6, 6.07) is 0. The average molecular weight is 627 g/mol. The van der Waals surface area contributed by atoms with Gasteiger partial charge in [0.2, 0.25) is 5.78 Å². The van der Waals surface area contributed by atoms with Gasteiger partial charge in [0.1, 0.15) is 5.76 Å². The Morgan fingerprint density at radius 3 is 2.00 bits per heavy atom. The number of sulfone groups is 1. The molecule has 1 rings (SSSR count). The molecule has 8 heteroatoms. The fourth-order valence-corrected chi connectivity index (χ4v) is 5.51. The fraction of sp³-hybridized carbons (Fsp3) is 0.852. The number of nitrogens with zero attached hydrogens (tertiary/aromatic N) is 2. The zero-order chi connectivity index (χ0) is 25.3. The van der Waals surface area contributed by atoms with Crippen LogP contribution in [-0.4, -0.2) is 62.9 Å². The number of aryl methyl sites for hydroxylation is 1. The minimum Gasteiger partial charge on any atom is -1.00 e. The number of ketones is 1. The largest absolute Gasteiger partial charge is 1.00 e. The molecule has 0 aliphatic carbocycles. The number of hydrogen-bond acceptors (Lipinski definition) is 5. The minimum absolute atomic E-state index is 0. The van der Waals surface area contributed by atoms with Gasteiger partial charge in [-0.15, -0.1) is 0 Å². The molecule has 0 aromatic carbocycles. The minimum atomic E-state index is -2.94. The fourth-order valence-electron chi connectivity index (χ4n) is 4.09. The molecule has 1 aromatic heterocycles. The average Bonchev–Trinajstić information content (AvgIpc) is 3.23. The van der Waals surface area contributed by atoms with Crippen molar-refractivity contribution >= 4 is 15.6 Å². The van der Waals surface area contributed by atoms with E-state index in [1.54, 1.807) is 6.20 Å². The Morgan fingerprint density at radius 2 is 1.37 bits per heavy atom. The number of halogens is 1. The summed E-state index contributed by atoms with van der Waals surface area (Å²) in [5.74, 6) is 1.57. The number of quaternary nitrogens is 1. The molecule has 0 saturated heterocycles. The van der Waals surface area contributed by atoms with Crippen LogP contribution in [0, 0.1) is 0 Å². The number of carbonyl (C=O) groups excluding carboxylic acids is 1. The Hall–Kier alpha value is -0.480. The molecule has 0 bridgehead atoms. The van der Waals surface area contributed by atoms with Crippen LogP contribution >= 0.6 is 0 Å². The summed E-state index contributed by atoms with van der Waals surface area (Å²) in [6.45, 7) is 3.11. The number of hydrogen-bond donors (Lipinski definition) is 0. The normalized spacial score (nSPS) is 12.0. The first kappa shape index (κ1) is 34.5. The first-order valence-electron chi connectivity index (χ1n) is 13.6. The van der Waals surface area contributed by atoms with Crippen molar-refractivity contribution in [1.29, 1.82) is 0 Å². The molecule has 35 heavy (non-hydrogen) atoms. The molecule has 1 heterocycles. The highest BCUT2D eigenvalue weighted by molar-refractivity contribution is 7.91. The summed E-state index contributed by atoms with van der Waals surface area (Å²) in [5, 5.41) is 0. The van der Waals surface area contributed by atoms with Gasteiger partial charge in [0, 0.05) is 19.3 Å². The maximum atomic E-state index is 12.3. The molecule has 6 nitrogen and oxygen atoms in total. The molecule has 1 aromatic rings. The highest BCUT2D eigenvalue weighted by atomic mass is 127. The number of oxazole rings is 1. The molecule has 206 valence electrons. The number of aromatic nitrogens is 1. The van der Waals surface area contributed by atoms with Crippen molar-refractivity contribution in [3.05, 3.63) is 17.8 Å². The van der Waals surface area contributed by atoms with Crippen LogP contribution in [-0.2, 0) is 16.3 Å². The van der Waals surface area contributed by atoms with Crippen LogP contribution in [0.15, 0.2) is 10.6 Å². The van der Waals surface area contributed by atoms with Crippen molar-refractivity contribution in [1.82, 2.24) is 4.98 Å². The van der Waals surface area contributed by atoms with Gasteiger partial charge in [0.25, 0.3) is 5.89 Å². The topological polar surface area (TPSA) is 77.2 Å². The van der Waals surface area contributed by atoms with E-state index in [-0.39, 0.29) is 47.2 Å². The Kier molecular flexibility index (Phi) is 19.3. The number of Topliss-reactive ketones (excluding diaryl/α,β-unsaturated/α-hetero) is 1. The van der Waals surface area contributed by atoms with Gasteiger partial charge in [0.05, 0.1) is 45.4 Å². The Labute approximate surface area is 232 Å². The molecule has 0 saturated carbocycles. The second-order valence-corrected chi connectivity index (χ2v) is 13.1. The Morgan fingerprint density at radius 1 is 0.829 bits per heavy atom. The molecule has 0 fully saturated rings. The van der Waals surface area contributed by atoms with E-state index in [4.69, 9.17) is 4.42 Å². The molecule has 0 N–H and O–H groups in total. The molecule has 0 atom stereocenters. The van der Waals surface area contributed by atoms with Crippen molar-refractivity contribution in [2.45, 2.75) is 110 Å². The third kappa shape index (κ3) is 19.3. The van der Waals surface area contributed by atoms with Crippen molar-refractivity contribution in [2.24, 2.45) is 0 Å². The van der Waals surface area contributed by atoms with Crippen LogP contribution in [0.5, 0.6) is 0 Å². The van der Waals surface area contributed by atoms with E-state index in [0.717, 1.165) is 61.7 Å². The van der Waals surface area contributed by atoms with Crippen molar-refractivity contribution in [3.8, 4) is 0 Å². The first-order chi connectivity index (χ1) is 16.1. The molecule has 0 amide bonds. The summed E-state index contributed by atoms with van der Waals surface area (Å²) in [4.78, 5) is 16.5. The van der Waals surface area contributed by atoms with Crippen molar-refractivity contribution in [2.75, 3.05) is 39.2 Å². The lowest BCUT2D eigenvalue weighted by Crippen LogP contribution is -3.00. The van der Waals surface area contributed by atoms with Gasteiger partial charge < -0.3 is 32.9 Å². The van der Waals surface area contributed by atoms with Crippen LogP contribution in [0.1, 0.15) is 120 Å². The van der Waals surface area contributed by atoms with Crippen LogP contribution in [0.25, 0.3) is 0 Å². The number of rotatable bonds is 22. The standard InChI is InChI=1S/C27H51N2O4S.HI/c1-5-6-7-8-9-10-11-12-16-20-26(30)27-28-24-25(33-27)19-15-13-14-17-22-34(31,32)23-18-21-29(2,3)4;/h24H,5-23H2,1-4H3;1H/q+1;/p-1. The van der Waals surface area contributed by atoms with Gasteiger partial charge in [-0.3, -0.25) is 4.79 Å². The van der Waals surface area contributed by atoms with E-state index >= 15 is 0 Å². The third-order valence-electron chi connectivity index (χ3n) is 6.21. The Balaban J connectivity index is 0.0000116. The SMILES string of the molecule is CCCCCCCCCCCC(=O)c1ncc(CCCCCCS(=O)(=O)CCC[N+](C)(C)C)o1.[I-]. The molecule has 0 radical (unpaired) electrons. The first-order valence-corrected chi connectivity index (χ1v) is 15.4. The zero-order valence-electron chi connectivity index (χ0n) is 22.8. The predicted molar refractivity (Wildman–Crippen MR) is 141 cm³/mol. The molecule has 0 spiro atoms.